The largest absolute Gasteiger partial charge is 0.346 e. The number of hydrogen-bond acceptors (Lipinski definition) is 3. The Hall–Kier alpha value is -3.58. The summed E-state index contributed by atoms with van der Waals surface area (Å²) in [5, 5.41) is 10.2. The second kappa shape index (κ2) is 6.14. The number of aromatic nitrogens is 2. The third-order valence-electron chi connectivity index (χ3n) is 4.33. The molecule has 0 aliphatic rings. The lowest BCUT2D eigenvalue weighted by Gasteiger charge is -2.10. The molecule has 4 heteroatoms. The summed E-state index contributed by atoms with van der Waals surface area (Å²) in [6.45, 7) is 0. The van der Waals surface area contributed by atoms with E-state index >= 15 is 0 Å². The lowest BCUT2D eigenvalue weighted by atomic mass is 10.0. The summed E-state index contributed by atoms with van der Waals surface area (Å²) in [5.74, 6) is 0. The second-order valence-corrected chi connectivity index (χ2v) is 5.90. The summed E-state index contributed by atoms with van der Waals surface area (Å²) >= 11 is 0. The molecular formula is C21H16N4. The van der Waals surface area contributed by atoms with Crippen LogP contribution in [0.15, 0.2) is 73.1 Å². The van der Waals surface area contributed by atoms with Crippen LogP contribution in [-0.4, -0.2) is 17.0 Å². The van der Waals surface area contributed by atoms with E-state index in [0.29, 0.717) is 0 Å². The zero-order chi connectivity index (χ0) is 17.2. The fourth-order valence-electron chi connectivity index (χ4n) is 2.97. The van der Waals surface area contributed by atoms with Crippen molar-refractivity contribution < 1.29 is 0 Å². The Kier molecular flexibility index (Phi) is 3.68. The maximum Gasteiger partial charge on any atom is 0.183 e. The number of benzene rings is 2. The average Bonchev–Trinajstić information content (AvgIpc) is 3.11. The van der Waals surface area contributed by atoms with Gasteiger partial charge in [-0.3, -0.25) is 4.90 Å². The van der Waals surface area contributed by atoms with Crippen molar-refractivity contribution in [3.63, 3.8) is 0 Å². The lowest BCUT2D eigenvalue weighted by Crippen LogP contribution is -2.07. The van der Waals surface area contributed by atoms with Gasteiger partial charge in [-0.2, -0.15) is 5.26 Å². The molecule has 0 aliphatic carbocycles. The molecule has 4 aromatic rings. The molecule has 0 saturated heterocycles. The van der Waals surface area contributed by atoms with Gasteiger partial charge in [0.1, 0.15) is 5.65 Å². The molecule has 4 nitrogen and oxygen atoms in total. The third kappa shape index (κ3) is 2.73. The van der Waals surface area contributed by atoms with Gasteiger partial charge in [0.2, 0.25) is 0 Å². The first-order chi connectivity index (χ1) is 12.3. The molecule has 2 aromatic carbocycles. The molecule has 0 amide bonds. The van der Waals surface area contributed by atoms with Gasteiger partial charge in [-0.1, -0.05) is 42.5 Å². The number of nitrogens with one attached hydrogen (secondary N) is 1. The standard InChI is InChI=1S/C21H16N4/c1-25(14-22)18-9-5-8-16(10-18)17-11-19-20(13-24-21(19)23-12-17)15-6-3-2-4-7-15/h2-13H,1H3,(H,23,24). The molecule has 0 atom stereocenters. The van der Waals surface area contributed by atoms with Crippen LogP contribution >= 0.6 is 0 Å². The Labute approximate surface area is 146 Å². The molecule has 0 aliphatic heterocycles. The van der Waals surface area contributed by atoms with Gasteiger partial charge in [0.25, 0.3) is 0 Å². The van der Waals surface area contributed by atoms with Gasteiger partial charge in [-0.05, 0) is 29.3 Å². The van der Waals surface area contributed by atoms with Gasteiger partial charge in [0.05, 0.1) is 5.69 Å². The number of aromatic amines is 1. The Morgan fingerprint density at radius 3 is 2.56 bits per heavy atom. The zero-order valence-electron chi connectivity index (χ0n) is 13.8. The summed E-state index contributed by atoms with van der Waals surface area (Å²) in [4.78, 5) is 9.35. The van der Waals surface area contributed by atoms with Crippen LogP contribution in [0.3, 0.4) is 0 Å². The monoisotopic (exact) mass is 324 g/mol. The molecule has 2 heterocycles. The van der Waals surface area contributed by atoms with Crippen molar-refractivity contribution in [3.8, 4) is 28.4 Å². The van der Waals surface area contributed by atoms with Crippen LogP contribution in [0.1, 0.15) is 0 Å². The van der Waals surface area contributed by atoms with Gasteiger partial charge in [0, 0.05) is 36.0 Å². The molecule has 0 saturated carbocycles. The normalized spacial score (nSPS) is 10.6. The summed E-state index contributed by atoms with van der Waals surface area (Å²) in [5.41, 5.74) is 6.08. The van der Waals surface area contributed by atoms with E-state index in [0.717, 1.165) is 39.0 Å². The zero-order valence-corrected chi connectivity index (χ0v) is 13.8. The molecule has 25 heavy (non-hydrogen) atoms. The number of H-pyrrole nitrogens is 1. The van der Waals surface area contributed by atoms with Crippen LogP contribution in [0, 0.1) is 11.5 Å². The van der Waals surface area contributed by atoms with Gasteiger partial charge >= 0.3 is 0 Å². The van der Waals surface area contributed by atoms with Crippen molar-refractivity contribution in [2.75, 3.05) is 11.9 Å². The van der Waals surface area contributed by atoms with E-state index in [4.69, 9.17) is 5.26 Å². The number of nitriles is 1. The minimum Gasteiger partial charge on any atom is -0.346 e. The van der Waals surface area contributed by atoms with Crippen LogP contribution in [0.4, 0.5) is 5.69 Å². The van der Waals surface area contributed by atoms with Crippen molar-refractivity contribution >= 4 is 16.7 Å². The molecule has 0 spiro atoms. The van der Waals surface area contributed by atoms with Crippen molar-refractivity contribution in [2.45, 2.75) is 0 Å². The first-order valence-corrected chi connectivity index (χ1v) is 8.03. The molecule has 120 valence electrons. The molecule has 4 rings (SSSR count). The third-order valence-corrected chi connectivity index (χ3v) is 4.33. The fraction of sp³-hybridized carbons (Fsp3) is 0.0476. The molecule has 0 unspecified atom stereocenters. The molecule has 2 aromatic heterocycles. The fourth-order valence-corrected chi connectivity index (χ4v) is 2.97. The summed E-state index contributed by atoms with van der Waals surface area (Å²) in [6.07, 6.45) is 5.99. The predicted molar refractivity (Wildman–Crippen MR) is 101 cm³/mol. The summed E-state index contributed by atoms with van der Waals surface area (Å²) in [7, 11) is 1.75. The van der Waals surface area contributed by atoms with Crippen molar-refractivity contribution in [3.05, 3.63) is 73.1 Å². The van der Waals surface area contributed by atoms with Crippen LogP contribution < -0.4 is 4.90 Å². The molecule has 0 fully saturated rings. The number of pyridine rings is 1. The van der Waals surface area contributed by atoms with E-state index in [1.807, 2.05) is 54.9 Å². The number of nitrogens with zero attached hydrogens (tertiary/aromatic N) is 3. The molecular weight excluding hydrogens is 308 g/mol. The van der Waals surface area contributed by atoms with Gasteiger partial charge in [0.15, 0.2) is 6.19 Å². The smallest absolute Gasteiger partial charge is 0.183 e. The van der Waals surface area contributed by atoms with Crippen LogP contribution in [0.5, 0.6) is 0 Å². The van der Waals surface area contributed by atoms with Gasteiger partial charge in [-0.15, -0.1) is 0 Å². The minimum atomic E-state index is 0.859. The Balaban J connectivity index is 1.83. The molecule has 1 N–H and O–H groups in total. The van der Waals surface area contributed by atoms with E-state index in [1.165, 1.54) is 0 Å². The summed E-state index contributed by atoms with van der Waals surface area (Å²) in [6, 6.07) is 20.3. The Bertz CT molecular complexity index is 1070. The molecule has 0 radical (unpaired) electrons. The van der Waals surface area contributed by atoms with Crippen LogP contribution in [0.25, 0.3) is 33.3 Å². The van der Waals surface area contributed by atoms with Crippen LogP contribution in [0.2, 0.25) is 0 Å². The number of fused-ring (bicyclic) bond motifs is 1. The average molecular weight is 324 g/mol. The van der Waals surface area contributed by atoms with Crippen LogP contribution in [-0.2, 0) is 0 Å². The van der Waals surface area contributed by atoms with Crippen molar-refractivity contribution in [1.29, 1.82) is 5.26 Å². The van der Waals surface area contributed by atoms with Gasteiger partial charge < -0.3 is 4.98 Å². The van der Waals surface area contributed by atoms with Crippen molar-refractivity contribution in [1.82, 2.24) is 9.97 Å². The highest BCUT2D eigenvalue weighted by Crippen LogP contribution is 2.31. The minimum absolute atomic E-state index is 0.859. The van der Waals surface area contributed by atoms with Gasteiger partial charge in [-0.25, -0.2) is 4.98 Å². The molecule has 0 bridgehead atoms. The Morgan fingerprint density at radius 1 is 0.960 bits per heavy atom. The highest BCUT2D eigenvalue weighted by atomic mass is 15.1. The topological polar surface area (TPSA) is 55.7 Å². The highest BCUT2D eigenvalue weighted by Gasteiger charge is 2.09. The summed E-state index contributed by atoms with van der Waals surface area (Å²) < 4.78 is 0. The maximum atomic E-state index is 9.09. The number of rotatable bonds is 3. The number of anilines is 1. The SMILES string of the molecule is CN(C#N)c1cccc(-c2cnc3[nH]cc(-c4ccccc4)c3c2)c1. The second-order valence-electron chi connectivity index (χ2n) is 5.90. The quantitative estimate of drug-likeness (QED) is 0.434. The Morgan fingerprint density at radius 2 is 1.76 bits per heavy atom. The maximum absolute atomic E-state index is 9.09. The van der Waals surface area contributed by atoms with E-state index in [-0.39, 0.29) is 0 Å². The first kappa shape index (κ1) is 15.0. The number of hydrogen-bond donors (Lipinski definition) is 1. The first-order valence-electron chi connectivity index (χ1n) is 8.03. The van der Waals surface area contributed by atoms with E-state index < -0.39 is 0 Å². The lowest BCUT2D eigenvalue weighted by molar-refractivity contribution is 1.20. The highest BCUT2D eigenvalue weighted by molar-refractivity contribution is 5.95. The predicted octanol–water partition coefficient (Wildman–Crippen LogP) is 4.81. The van der Waals surface area contributed by atoms with E-state index in [1.54, 1.807) is 11.9 Å². The van der Waals surface area contributed by atoms with E-state index in [2.05, 4.69) is 34.4 Å². The van der Waals surface area contributed by atoms with Crippen molar-refractivity contribution in [2.24, 2.45) is 0 Å². The van der Waals surface area contributed by atoms with E-state index in [9.17, 15) is 0 Å².